The summed E-state index contributed by atoms with van der Waals surface area (Å²) in [6.45, 7) is 9.97. The largest absolute Gasteiger partial charge is 0.466 e. The van der Waals surface area contributed by atoms with Crippen LogP contribution in [0.4, 0.5) is 0 Å². The van der Waals surface area contributed by atoms with Gasteiger partial charge in [0.25, 0.3) is 0 Å². The molecule has 0 heterocycles. The van der Waals surface area contributed by atoms with E-state index in [0.29, 0.717) is 12.0 Å². The minimum absolute atomic E-state index is 0.0238. The summed E-state index contributed by atoms with van der Waals surface area (Å²) >= 11 is 0. The molecule has 0 aliphatic heterocycles. The van der Waals surface area contributed by atoms with Crippen LogP contribution in [0.3, 0.4) is 0 Å². The first-order valence-corrected chi connectivity index (χ1v) is 9.09. The highest BCUT2D eigenvalue weighted by Crippen LogP contribution is 2.59. The third-order valence-corrected chi connectivity index (χ3v) is 5.52. The Labute approximate surface area is 161 Å². The van der Waals surface area contributed by atoms with E-state index in [1.807, 2.05) is 45.9 Å². The second-order valence-corrected chi connectivity index (χ2v) is 7.86. The first-order chi connectivity index (χ1) is 12.6. The maximum atomic E-state index is 12.6. The summed E-state index contributed by atoms with van der Waals surface area (Å²) in [5, 5.41) is 0. The van der Waals surface area contributed by atoms with Crippen molar-refractivity contribution in [1.82, 2.24) is 0 Å². The van der Waals surface area contributed by atoms with E-state index < -0.39 is 0 Å². The number of hydrogen-bond acceptors (Lipinski definition) is 4. The average molecular weight is 368 g/mol. The second-order valence-electron chi connectivity index (χ2n) is 7.86. The number of ether oxygens (including phenoxy) is 2. The number of aryl methyl sites for hydroxylation is 2. The van der Waals surface area contributed by atoms with Crippen LogP contribution in [0.2, 0.25) is 0 Å². The Balaban J connectivity index is 2.07. The summed E-state index contributed by atoms with van der Waals surface area (Å²) in [5.41, 5.74) is 4.53. The van der Waals surface area contributed by atoms with Crippen LogP contribution in [0, 0.1) is 43.4 Å². The Morgan fingerprint density at radius 2 is 1.85 bits per heavy atom. The van der Waals surface area contributed by atoms with Crippen LogP contribution in [0.25, 0.3) is 0 Å². The Morgan fingerprint density at radius 1 is 1.26 bits per heavy atom. The van der Waals surface area contributed by atoms with Crippen molar-refractivity contribution in [3.63, 3.8) is 0 Å². The van der Waals surface area contributed by atoms with Gasteiger partial charge in [0, 0.05) is 12.0 Å². The number of carbonyl (C=O) groups excluding carboxylic acids is 2. The lowest BCUT2D eigenvalue weighted by Crippen LogP contribution is -2.12. The average Bonchev–Trinajstić information content (AvgIpc) is 3.13. The molecule has 1 aromatic rings. The van der Waals surface area contributed by atoms with Gasteiger partial charge in [-0.3, -0.25) is 4.79 Å². The molecule has 1 aromatic carbocycles. The molecule has 0 saturated heterocycles. The number of methoxy groups -OCH3 is 1. The molecule has 2 unspecified atom stereocenters. The summed E-state index contributed by atoms with van der Waals surface area (Å²) in [4.78, 5) is 24.2. The van der Waals surface area contributed by atoms with Crippen molar-refractivity contribution in [2.45, 2.75) is 47.6 Å². The second kappa shape index (κ2) is 8.00. The predicted octanol–water partition coefficient (Wildman–Crippen LogP) is 3.91. The quantitative estimate of drug-likeness (QED) is 0.434. The fourth-order valence-electron chi connectivity index (χ4n) is 3.70. The van der Waals surface area contributed by atoms with Crippen molar-refractivity contribution >= 4 is 11.9 Å². The van der Waals surface area contributed by atoms with Crippen molar-refractivity contribution < 1.29 is 19.1 Å². The monoisotopic (exact) mass is 368 g/mol. The van der Waals surface area contributed by atoms with Crippen molar-refractivity contribution in [2.24, 2.45) is 17.3 Å². The number of allylic oxidation sites excluding steroid dienone is 1. The highest BCUT2D eigenvalue weighted by Gasteiger charge is 2.61. The third-order valence-electron chi connectivity index (χ3n) is 5.52. The van der Waals surface area contributed by atoms with Crippen LogP contribution in [0.1, 0.15) is 43.0 Å². The normalized spacial score (nSPS) is 20.6. The highest BCUT2D eigenvalue weighted by atomic mass is 16.5. The molecule has 27 heavy (non-hydrogen) atoms. The van der Waals surface area contributed by atoms with E-state index in [4.69, 9.17) is 15.9 Å². The topological polar surface area (TPSA) is 52.6 Å². The Bertz CT molecular complexity index is 800. The van der Waals surface area contributed by atoms with Gasteiger partial charge in [-0.2, -0.15) is 0 Å². The molecule has 4 heteroatoms. The molecule has 0 spiro atoms. The number of carbonyl (C=O) groups is 2. The lowest BCUT2D eigenvalue weighted by molar-refractivity contribution is -0.147. The number of hydrogen-bond donors (Lipinski definition) is 0. The highest BCUT2D eigenvalue weighted by molar-refractivity contribution is 5.88. The van der Waals surface area contributed by atoms with E-state index in [1.54, 1.807) is 6.92 Å². The molecule has 0 aromatic heterocycles. The molecule has 1 saturated carbocycles. The molecule has 1 fully saturated rings. The zero-order valence-electron chi connectivity index (χ0n) is 17.0. The van der Waals surface area contributed by atoms with Crippen LogP contribution in [-0.2, 0) is 32.1 Å². The zero-order chi connectivity index (χ0) is 20.4. The number of esters is 2. The van der Waals surface area contributed by atoms with E-state index in [1.165, 1.54) is 7.11 Å². The van der Waals surface area contributed by atoms with Crippen LogP contribution in [-0.4, -0.2) is 19.0 Å². The van der Waals surface area contributed by atoms with E-state index in [0.717, 1.165) is 22.3 Å². The van der Waals surface area contributed by atoms with E-state index >= 15 is 0 Å². The van der Waals surface area contributed by atoms with Gasteiger partial charge in [-0.15, -0.1) is 12.3 Å². The Hall–Kier alpha value is -2.54. The van der Waals surface area contributed by atoms with Crippen molar-refractivity contribution in [2.75, 3.05) is 7.11 Å². The van der Waals surface area contributed by atoms with Gasteiger partial charge in [0.15, 0.2) is 0 Å². The summed E-state index contributed by atoms with van der Waals surface area (Å²) in [5.74, 6) is 1.77. The van der Waals surface area contributed by atoms with Crippen molar-refractivity contribution in [3.05, 3.63) is 46.0 Å². The summed E-state index contributed by atoms with van der Waals surface area (Å²) in [6.07, 6.45) is 7.80. The maximum Gasteiger partial charge on any atom is 0.333 e. The van der Waals surface area contributed by atoms with Gasteiger partial charge < -0.3 is 9.47 Å². The van der Waals surface area contributed by atoms with Crippen LogP contribution in [0.5, 0.6) is 0 Å². The molecule has 0 N–H and O–H groups in total. The molecule has 2 rings (SSSR count). The summed E-state index contributed by atoms with van der Waals surface area (Å²) in [6, 6.07) is 4.09. The van der Waals surface area contributed by atoms with E-state index in [2.05, 4.69) is 5.92 Å². The molecule has 1 aliphatic carbocycles. The first kappa shape index (κ1) is 20.8. The number of benzene rings is 1. The molecule has 0 radical (unpaired) electrons. The van der Waals surface area contributed by atoms with Crippen molar-refractivity contribution in [1.29, 1.82) is 0 Å². The molecule has 4 nitrogen and oxygen atoms in total. The molecular weight excluding hydrogens is 340 g/mol. The maximum absolute atomic E-state index is 12.6. The third kappa shape index (κ3) is 4.42. The zero-order valence-corrected chi connectivity index (χ0v) is 17.0. The van der Waals surface area contributed by atoms with Crippen LogP contribution in [0.15, 0.2) is 23.8 Å². The van der Waals surface area contributed by atoms with Gasteiger partial charge in [-0.25, -0.2) is 4.79 Å². The fourth-order valence-corrected chi connectivity index (χ4v) is 3.70. The van der Waals surface area contributed by atoms with Gasteiger partial charge in [-0.1, -0.05) is 32.1 Å². The van der Waals surface area contributed by atoms with Gasteiger partial charge in [-0.05, 0) is 54.4 Å². The van der Waals surface area contributed by atoms with Gasteiger partial charge in [0.05, 0.1) is 13.0 Å². The standard InChI is InChI=1S/C23H28O4/c1-8-9-17-10-14(2)18(15(3)11-17)13-27-22(25)20-19(23(20,5)6)12-16(4)21(24)26-7/h1,10-12,19-20H,9,13H2,2-7H3. The van der Waals surface area contributed by atoms with Gasteiger partial charge in [0.2, 0.25) is 0 Å². The van der Waals surface area contributed by atoms with Gasteiger partial charge in [0.1, 0.15) is 6.61 Å². The predicted molar refractivity (Wildman–Crippen MR) is 105 cm³/mol. The lowest BCUT2D eigenvalue weighted by atomic mass is 9.98. The van der Waals surface area contributed by atoms with Crippen LogP contribution < -0.4 is 0 Å². The van der Waals surface area contributed by atoms with Crippen molar-refractivity contribution in [3.8, 4) is 12.3 Å². The SMILES string of the molecule is C#CCc1cc(C)c(COC(=O)C2C(C=C(C)C(=O)OC)C2(C)C)c(C)c1. The van der Waals surface area contributed by atoms with E-state index in [-0.39, 0.29) is 35.8 Å². The van der Waals surface area contributed by atoms with E-state index in [9.17, 15) is 9.59 Å². The fraction of sp³-hybridized carbons (Fsp3) is 0.478. The smallest absolute Gasteiger partial charge is 0.333 e. The summed E-state index contributed by atoms with van der Waals surface area (Å²) in [7, 11) is 1.35. The molecule has 144 valence electrons. The van der Waals surface area contributed by atoms with Gasteiger partial charge >= 0.3 is 11.9 Å². The lowest BCUT2D eigenvalue weighted by Gasteiger charge is -2.13. The molecule has 0 bridgehead atoms. The molecular formula is C23H28O4. The molecule has 1 aliphatic rings. The molecule has 0 amide bonds. The molecule has 2 atom stereocenters. The minimum atomic E-state index is -0.372. The summed E-state index contributed by atoms with van der Waals surface area (Å²) < 4.78 is 10.4. The minimum Gasteiger partial charge on any atom is -0.466 e. The Kier molecular flexibility index (Phi) is 6.15. The van der Waals surface area contributed by atoms with Crippen LogP contribution >= 0.6 is 0 Å². The Morgan fingerprint density at radius 3 is 2.37 bits per heavy atom. The first-order valence-electron chi connectivity index (χ1n) is 9.09. The number of rotatable bonds is 6. The number of terminal acetylenes is 1.